The number of nitriles is 1. The van der Waals surface area contributed by atoms with Gasteiger partial charge in [0.25, 0.3) is 0 Å². The van der Waals surface area contributed by atoms with Crippen molar-refractivity contribution in [2.75, 3.05) is 0 Å². The monoisotopic (exact) mass is 471 g/mol. The van der Waals surface area contributed by atoms with Crippen LogP contribution in [0.2, 0.25) is 0 Å². The highest BCUT2D eigenvalue weighted by Gasteiger charge is 2.40. The summed E-state index contributed by atoms with van der Waals surface area (Å²) in [5, 5.41) is 11.8. The predicted molar refractivity (Wildman–Crippen MR) is 120 cm³/mol. The summed E-state index contributed by atoms with van der Waals surface area (Å²) in [6.07, 6.45) is -4.88. The van der Waals surface area contributed by atoms with Gasteiger partial charge in [-0.3, -0.25) is 9.79 Å². The van der Waals surface area contributed by atoms with Gasteiger partial charge in [-0.15, -0.1) is 0 Å². The number of nitrogens with one attached hydrogen (secondary N) is 1. The maximum Gasteiger partial charge on any atom is 0.416 e. The molecule has 0 bridgehead atoms. The Balaban J connectivity index is 2.01. The lowest BCUT2D eigenvalue weighted by Crippen LogP contribution is -2.40. The van der Waals surface area contributed by atoms with Crippen LogP contribution in [0, 0.1) is 17.2 Å². The van der Waals surface area contributed by atoms with E-state index in [-0.39, 0.29) is 24.3 Å². The summed E-state index contributed by atoms with van der Waals surface area (Å²) in [5.41, 5.74) is -0.244. The molecule has 2 aromatic carbocycles. The highest BCUT2D eigenvalue weighted by Crippen LogP contribution is 2.36. The second-order valence-corrected chi connectivity index (χ2v) is 8.95. The quantitative estimate of drug-likeness (QED) is 0.601. The summed E-state index contributed by atoms with van der Waals surface area (Å²) in [4.78, 5) is 29.9. The van der Waals surface area contributed by atoms with E-state index < -0.39 is 35.4 Å². The fourth-order valence-corrected chi connectivity index (χ4v) is 3.73. The van der Waals surface area contributed by atoms with Crippen LogP contribution in [0.15, 0.2) is 53.5 Å². The molecule has 0 heterocycles. The fraction of sp³-hybridized carbons (Fsp3) is 0.360. The summed E-state index contributed by atoms with van der Waals surface area (Å²) < 4.78 is 44.7. The van der Waals surface area contributed by atoms with E-state index in [1.54, 1.807) is 45.0 Å². The van der Waals surface area contributed by atoms with Crippen molar-refractivity contribution in [3.05, 3.63) is 65.2 Å². The zero-order valence-corrected chi connectivity index (χ0v) is 18.9. The summed E-state index contributed by atoms with van der Waals surface area (Å²) in [6.45, 7) is 5.10. The van der Waals surface area contributed by atoms with Crippen molar-refractivity contribution in [2.24, 2.45) is 10.9 Å². The predicted octanol–water partition coefficient (Wildman–Crippen LogP) is 5.89. The number of halogens is 3. The highest BCUT2D eigenvalue weighted by atomic mass is 19.4. The number of aliphatic imine (C=N–C) groups is 1. The van der Waals surface area contributed by atoms with E-state index in [9.17, 15) is 22.8 Å². The minimum atomic E-state index is -4.52. The molecule has 1 aliphatic rings. The molecule has 34 heavy (non-hydrogen) atoms. The van der Waals surface area contributed by atoms with Crippen molar-refractivity contribution in [1.29, 1.82) is 5.26 Å². The van der Waals surface area contributed by atoms with Crippen molar-refractivity contribution in [3.63, 3.8) is 0 Å². The van der Waals surface area contributed by atoms with Crippen LogP contribution in [-0.4, -0.2) is 23.2 Å². The third-order valence-corrected chi connectivity index (χ3v) is 5.18. The average Bonchev–Trinajstić information content (AvgIpc) is 3.10. The van der Waals surface area contributed by atoms with Gasteiger partial charge in [-0.25, -0.2) is 4.79 Å². The minimum absolute atomic E-state index is 0.0698. The number of Topliss-reactive ketones (excluding diaryl/α,β-unsaturated/α-hetero) is 1. The molecule has 2 aromatic rings. The Morgan fingerprint density at radius 3 is 2.41 bits per heavy atom. The Labute approximate surface area is 195 Å². The maximum atomic E-state index is 13.1. The number of ketones is 1. The number of nitrogens with zero attached hydrogens (tertiary/aromatic N) is 2. The second-order valence-electron chi connectivity index (χ2n) is 8.95. The summed E-state index contributed by atoms with van der Waals surface area (Å²) >= 11 is 0. The molecule has 2 atom stereocenters. The molecule has 1 N–H and O–H groups in total. The van der Waals surface area contributed by atoms with Crippen LogP contribution in [-0.2, 0) is 15.7 Å². The molecule has 0 spiro atoms. The Bertz CT molecular complexity index is 1140. The van der Waals surface area contributed by atoms with Crippen LogP contribution in [0.4, 0.5) is 23.7 Å². The summed E-state index contributed by atoms with van der Waals surface area (Å²) in [6, 6.07) is 12.0. The Morgan fingerprint density at radius 2 is 1.82 bits per heavy atom. The molecule has 0 radical (unpaired) electrons. The number of benzene rings is 2. The van der Waals surface area contributed by atoms with E-state index in [4.69, 9.17) is 10.00 Å². The SMILES string of the molecule is CC(C)(C)OC(=O)NC(c1ccc(C#N)cc1)C1C(=O)CCC1=Nc1cccc(C(F)(F)F)c1. The summed E-state index contributed by atoms with van der Waals surface area (Å²) in [7, 11) is 0. The zero-order valence-electron chi connectivity index (χ0n) is 18.9. The third-order valence-electron chi connectivity index (χ3n) is 5.18. The van der Waals surface area contributed by atoms with E-state index in [0.717, 1.165) is 12.1 Å². The number of ether oxygens (including phenoxy) is 1. The number of alkyl carbamates (subject to hydrolysis) is 1. The fourth-order valence-electron chi connectivity index (χ4n) is 3.73. The van der Waals surface area contributed by atoms with E-state index in [0.29, 0.717) is 16.8 Å². The van der Waals surface area contributed by atoms with Crippen LogP contribution >= 0.6 is 0 Å². The molecule has 1 saturated carbocycles. The van der Waals surface area contributed by atoms with Gasteiger partial charge in [0.1, 0.15) is 11.4 Å². The number of alkyl halides is 3. The Morgan fingerprint density at radius 1 is 1.15 bits per heavy atom. The molecule has 0 saturated heterocycles. The topological polar surface area (TPSA) is 91.5 Å². The molecule has 1 aliphatic carbocycles. The van der Waals surface area contributed by atoms with Gasteiger partial charge in [-0.1, -0.05) is 18.2 Å². The molecule has 9 heteroatoms. The molecular weight excluding hydrogens is 447 g/mol. The molecule has 1 fully saturated rings. The first-order valence-corrected chi connectivity index (χ1v) is 10.6. The highest BCUT2D eigenvalue weighted by molar-refractivity contribution is 6.12. The van der Waals surface area contributed by atoms with Gasteiger partial charge in [-0.05, 0) is 63.1 Å². The van der Waals surface area contributed by atoms with Crippen LogP contribution in [0.5, 0.6) is 0 Å². The van der Waals surface area contributed by atoms with Crippen LogP contribution in [0.1, 0.15) is 56.3 Å². The Hall–Kier alpha value is -3.67. The molecule has 6 nitrogen and oxygen atoms in total. The van der Waals surface area contributed by atoms with Gasteiger partial charge in [0.15, 0.2) is 0 Å². The van der Waals surface area contributed by atoms with E-state index in [1.165, 1.54) is 12.1 Å². The molecule has 3 rings (SSSR count). The molecule has 0 aromatic heterocycles. The molecular formula is C25H24F3N3O3. The largest absolute Gasteiger partial charge is 0.444 e. The van der Waals surface area contributed by atoms with Gasteiger partial charge >= 0.3 is 12.3 Å². The smallest absolute Gasteiger partial charge is 0.416 e. The molecule has 2 unspecified atom stereocenters. The lowest BCUT2D eigenvalue weighted by molar-refractivity contribution is -0.137. The van der Waals surface area contributed by atoms with E-state index >= 15 is 0 Å². The lowest BCUT2D eigenvalue weighted by Gasteiger charge is -2.27. The average molecular weight is 471 g/mol. The molecule has 178 valence electrons. The molecule has 1 amide bonds. The first-order chi connectivity index (χ1) is 15.9. The first-order valence-electron chi connectivity index (χ1n) is 10.6. The van der Waals surface area contributed by atoms with Crippen molar-refractivity contribution in [1.82, 2.24) is 5.32 Å². The van der Waals surface area contributed by atoms with Crippen LogP contribution in [0.3, 0.4) is 0 Å². The zero-order chi connectivity index (χ0) is 25.1. The molecule has 0 aliphatic heterocycles. The number of carbonyl (C=O) groups excluding carboxylic acids is 2. The number of carbonyl (C=O) groups is 2. The van der Waals surface area contributed by atoms with Gasteiger partial charge in [0.2, 0.25) is 0 Å². The van der Waals surface area contributed by atoms with Crippen molar-refractivity contribution < 1.29 is 27.5 Å². The maximum absolute atomic E-state index is 13.1. The standard InChI is InChI=1S/C25H24F3N3O3/c1-24(2,3)34-23(33)31-22(16-9-7-15(14-29)8-10-16)21-19(11-12-20(21)32)30-18-6-4-5-17(13-18)25(26,27)28/h4-10,13,21-22H,11-12H2,1-3H3,(H,31,33). The van der Waals surface area contributed by atoms with E-state index in [2.05, 4.69) is 10.3 Å². The minimum Gasteiger partial charge on any atom is -0.444 e. The second kappa shape index (κ2) is 9.67. The van der Waals surface area contributed by atoms with Crippen molar-refractivity contribution >= 4 is 23.3 Å². The van der Waals surface area contributed by atoms with Gasteiger partial charge in [0, 0.05) is 12.1 Å². The van der Waals surface area contributed by atoms with Gasteiger partial charge < -0.3 is 10.1 Å². The number of hydrogen-bond acceptors (Lipinski definition) is 5. The number of rotatable bonds is 4. The van der Waals surface area contributed by atoms with Crippen LogP contribution in [0.25, 0.3) is 0 Å². The normalized spacial score (nSPS) is 18.4. The summed E-state index contributed by atoms with van der Waals surface area (Å²) in [5.74, 6) is -1.09. The first kappa shape index (κ1) is 25.0. The lowest BCUT2D eigenvalue weighted by atomic mass is 9.89. The van der Waals surface area contributed by atoms with Crippen LogP contribution < -0.4 is 5.32 Å². The van der Waals surface area contributed by atoms with Crippen molar-refractivity contribution in [2.45, 2.75) is 51.4 Å². The van der Waals surface area contributed by atoms with E-state index in [1.807, 2.05) is 6.07 Å². The number of amides is 1. The van der Waals surface area contributed by atoms with Crippen molar-refractivity contribution in [3.8, 4) is 6.07 Å². The van der Waals surface area contributed by atoms with Gasteiger partial charge in [0.05, 0.1) is 34.8 Å². The third kappa shape index (κ3) is 6.22. The Kier molecular flexibility index (Phi) is 7.10. The van der Waals surface area contributed by atoms with Gasteiger partial charge in [-0.2, -0.15) is 18.4 Å². The number of hydrogen-bond donors (Lipinski definition) is 1.